The first-order chi connectivity index (χ1) is 20.2. The molecule has 1 aromatic heterocycles. The molecule has 0 N–H and O–H groups in total. The van der Waals surface area contributed by atoms with Crippen LogP contribution in [0.1, 0.15) is 5.56 Å². The van der Waals surface area contributed by atoms with Gasteiger partial charge in [-0.05, 0) is 64.7 Å². The average molecular weight is 522 g/mol. The highest BCUT2D eigenvalue weighted by Gasteiger charge is 2.17. The zero-order valence-corrected chi connectivity index (χ0v) is 22.1. The van der Waals surface area contributed by atoms with Crippen LogP contribution < -0.4 is 0 Å². The van der Waals surface area contributed by atoms with E-state index < -0.39 is 0 Å². The number of nitrogens with zero attached hydrogens (tertiary/aromatic N) is 3. The quantitative estimate of drug-likeness (QED) is 0.212. The van der Waals surface area contributed by atoms with Crippen molar-refractivity contribution < 1.29 is 0 Å². The van der Waals surface area contributed by atoms with Crippen molar-refractivity contribution >= 4 is 27.5 Å². The minimum atomic E-state index is 0.561. The fourth-order valence-corrected chi connectivity index (χ4v) is 5.78. The van der Waals surface area contributed by atoms with Crippen LogP contribution in [0.25, 0.3) is 65.7 Å². The summed E-state index contributed by atoms with van der Waals surface area (Å²) in [4.78, 5) is 3.87. The number of rotatable bonds is 4. The molecule has 3 nitrogen and oxygen atoms in total. The van der Waals surface area contributed by atoms with E-state index in [0.717, 1.165) is 50.1 Å². The molecule has 0 radical (unpaired) electrons. The van der Waals surface area contributed by atoms with Crippen molar-refractivity contribution in [2.45, 2.75) is 0 Å². The average Bonchev–Trinajstić information content (AvgIpc) is 3.39. The third-order valence-corrected chi connectivity index (χ3v) is 7.62. The van der Waals surface area contributed by atoms with Crippen molar-refractivity contribution in [2.75, 3.05) is 0 Å². The van der Waals surface area contributed by atoms with Crippen LogP contribution in [0.15, 0.2) is 140 Å². The molecule has 0 aliphatic carbocycles. The van der Waals surface area contributed by atoms with E-state index in [9.17, 15) is 5.26 Å². The number of fused-ring (bicyclic) bond motifs is 3. The van der Waals surface area contributed by atoms with Crippen LogP contribution in [0, 0.1) is 17.9 Å². The molecule has 7 rings (SSSR count). The molecule has 0 unspecified atom stereocenters. The Morgan fingerprint density at radius 2 is 1.02 bits per heavy atom. The fourth-order valence-electron chi connectivity index (χ4n) is 5.78. The lowest BCUT2D eigenvalue weighted by Crippen LogP contribution is -1.96. The summed E-state index contributed by atoms with van der Waals surface area (Å²) in [6.45, 7) is 7.94. The van der Waals surface area contributed by atoms with Gasteiger partial charge in [0.05, 0.1) is 23.2 Å². The van der Waals surface area contributed by atoms with Crippen molar-refractivity contribution in [3.05, 3.63) is 157 Å². The Kier molecular flexibility index (Phi) is 5.90. The molecule has 0 fully saturated rings. The SMILES string of the molecule is [C-]#[N+]c1cc(-c2cc(-c3ccccc3)c(C#N)c(-c3ccccc3)c2)cc(-n2c3ccccc3c3ccccc32)c1. The van der Waals surface area contributed by atoms with E-state index in [1.54, 1.807) is 0 Å². The lowest BCUT2D eigenvalue weighted by atomic mass is 9.88. The highest BCUT2D eigenvalue weighted by molar-refractivity contribution is 6.09. The van der Waals surface area contributed by atoms with Gasteiger partial charge in [0, 0.05) is 27.6 Å². The number of benzene rings is 6. The van der Waals surface area contributed by atoms with Crippen LogP contribution in [-0.2, 0) is 0 Å². The predicted octanol–water partition coefficient (Wildman–Crippen LogP) is 10.2. The van der Waals surface area contributed by atoms with Gasteiger partial charge in [-0.15, -0.1) is 0 Å². The van der Waals surface area contributed by atoms with Gasteiger partial charge in [-0.2, -0.15) is 5.26 Å². The first-order valence-electron chi connectivity index (χ1n) is 13.5. The Balaban J connectivity index is 1.52. The summed E-state index contributed by atoms with van der Waals surface area (Å²) in [5.41, 5.74) is 9.89. The predicted molar refractivity (Wildman–Crippen MR) is 168 cm³/mol. The monoisotopic (exact) mass is 521 g/mol. The highest BCUT2D eigenvalue weighted by Crippen LogP contribution is 2.40. The smallest absolute Gasteiger partial charge is 0.189 e. The molecule has 0 saturated heterocycles. The number of aromatic nitrogens is 1. The maximum absolute atomic E-state index is 10.3. The summed E-state index contributed by atoms with van der Waals surface area (Å²) in [5, 5.41) is 12.7. The van der Waals surface area contributed by atoms with Gasteiger partial charge < -0.3 is 4.57 Å². The Hall–Kier alpha value is -5.90. The topological polar surface area (TPSA) is 33.1 Å². The summed E-state index contributed by atoms with van der Waals surface area (Å²) in [6.07, 6.45) is 0. The van der Waals surface area contributed by atoms with Crippen LogP contribution in [-0.4, -0.2) is 4.57 Å². The van der Waals surface area contributed by atoms with Gasteiger partial charge in [0.15, 0.2) is 5.69 Å². The first kappa shape index (κ1) is 24.2. The van der Waals surface area contributed by atoms with Gasteiger partial charge in [0.25, 0.3) is 0 Å². The lowest BCUT2D eigenvalue weighted by molar-refractivity contribution is 1.18. The second kappa shape index (κ2) is 10.0. The molecule has 1 heterocycles. The van der Waals surface area contributed by atoms with E-state index >= 15 is 0 Å². The van der Waals surface area contributed by atoms with Crippen LogP contribution in [0.2, 0.25) is 0 Å². The van der Waals surface area contributed by atoms with Crippen LogP contribution >= 0.6 is 0 Å². The minimum Gasteiger partial charge on any atom is -0.310 e. The molecule has 3 heteroatoms. The molecule has 0 aliphatic rings. The fraction of sp³-hybridized carbons (Fsp3) is 0. The zero-order valence-electron chi connectivity index (χ0n) is 22.1. The molecular weight excluding hydrogens is 498 g/mol. The summed E-state index contributed by atoms with van der Waals surface area (Å²) >= 11 is 0. The normalized spacial score (nSPS) is 10.9. The Morgan fingerprint density at radius 3 is 1.54 bits per heavy atom. The third-order valence-electron chi connectivity index (χ3n) is 7.62. The first-order valence-corrected chi connectivity index (χ1v) is 13.5. The molecule has 0 aliphatic heterocycles. The van der Waals surface area contributed by atoms with Gasteiger partial charge in [0.2, 0.25) is 0 Å². The lowest BCUT2D eigenvalue weighted by Gasteiger charge is -2.16. The maximum atomic E-state index is 10.3. The third kappa shape index (κ3) is 4.14. The van der Waals surface area contributed by atoms with Crippen molar-refractivity contribution in [3.63, 3.8) is 0 Å². The number of nitriles is 1. The van der Waals surface area contributed by atoms with E-state index in [1.807, 2.05) is 72.8 Å². The van der Waals surface area contributed by atoms with Gasteiger partial charge in [-0.25, -0.2) is 4.85 Å². The van der Waals surface area contributed by atoms with Crippen molar-refractivity contribution in [1.29, 1.82) is 5.26 Å². The largest absolute Gasteiger partial charge is 0.310 e. The number of para-hydroxylation sites is 2. The summed E-state index contributed by atoms with van der Waals surface area (Å²) in [5.74, 6) is 0. The minimum absolute atomic E-state index is 0.561. The van der Waals surface area contributed by atoms with E-state index in [0.29, 0.717) is 11.3 Å². The van der Waals surface area contributed by atoms with Crippen LogP contribution in [0.4, 0.5) is 5.69 Å². The second-order valence-corrected chi connectivity index (χ2v) is 10.0. The molecule has 190 valence electrons. The summed E-state index contributed by atoms with van der Waals surface area (Å²) in [7, 11) is 0. The molecule has 0 spiro atoms. The standard InChI is InChI=1S/C38H23N3/c1-40-30-20-28(21-31(24-30)41-37-18-10-8-16-32(37)33-17-9-11-19-38(33)41)29-22-34(26-12-4-2-5-13-26)36(25-39)35(23-29)27-14-6-3-7-15-27/h2-24H. The van der Waals surface area contributed by atoms with E-state index in [1.165, 1.54) is 10.8 Å². The summed E-state index contributed by atoms with van der Waals surface area (Å²) < 4.78 is 2.24. The highest BCUT2D eigenvalue weighted by atomic mass is 15.0. The molecule has 0 bridgehead atoms. The van der Waals surface area contributed by atoms with Gasteiger partial charge in [-0.1, -0.05) is 97.1 Å². The van der Waals surface area contributed by atoms with Gasteiger partial charge in [-0.3, -0.25) is 0 Å². The Labute approximate surface area is 238 Å². The van der Waals surface area contributed by atoms with E-state index in [4.69, 9.17) is 6.57 Å². The second-order valence-electron chi connectivity index (χ2n) is 10.0. The molecule has 0 amide bonds. The Bertz CT molecular complexity index is 2040. The molecule has 0 atom stereocenters. The maximum Gasteiger partial charge on any atom is 0.189 e. The van der Waals surface area contributed by atoms with Crippen molar-refractivity contribution in [3.8, 4) is 45.1 Å². The molecule has 41 heavy (non-hydrogen) atoms. The van der Waals surface area contributed by atoms with Crippen LogP contribution in [0.5, 0.6) is 0 Å². The zero-order chi connectivity index (χ0) is 27.8. The molecule has 7 aromatic rings. The van der Waals surface area contributed by atoms with Crippen LogP contribution in [0.3, 0.4) is 0 Å². The van der Waals surface area contributed by atoms with Crippen molar-refractivity contribution in [2.24, 2.45) is 0 Å². The van der Waals surface area contributed by atoms with Crippen molar-refractivity contribution in [1.82, 2.24) is 4.57 Å². The van der Waals surface area contributed by atoms with E-state index in [-0.39, 0.29) is 0 Å². The number of hydrogen-bond acceptors (Lipinski definition) is 1. The van der Waals surface area contributed by atoms with Gasteiger partial charge in [0.1, 0.15) is 6.07 Å². The molecular formula is C38H23N3. The van der Waals surface area contributed by atoms with E-state index in [2.05, 4.69) is 82.2 Å². The number of hydrogen-bond donors (Lipinski definition) is 0. The molecule has 6 aromatic carbocycles. The van der Waals surface area contributed by atoms with Gasteiger partial charge >= 0.3 is 0 Å². The summed E-state index contributed by atoms with van der Waals surface area (Å²) in [6, 6.07) is 49.5. The Morgan fingerprint density at radius 1 is 0.537 bits per heavy atom. The molecule has 0 saturated carbocycles.